The summed E-state index contributed by atoms with van der Waals surface area (Å²) in [4.78, 5) is 0. The normalized spacial score (nSPS) is 24.0. The topological polar surface area (TPSA) is 33.3 Å². The highest BCUT2D eigenvalue weighted by Gasteiger charge is 2.50. The minimum atomic E-state index is -0.422. The third kappa shape index (κ3) is 3.62. The lowest BCUT2D eigenvalue weighted by molar-refractivity contribution is -0.0375. The van der Waals surface area contributed by atoms with Gasteiger partial charge in [0, 0.05) is 11.2 Å². The molecular weight excluding hydrogens is 296 g/mol. The number of hydrogen-bond donors (Lipinski definition) is 2. The lowest BCUT2D eigenvalue weighted by Gasteiger charge is -2.44. The lowest BCUT2D eigenvalue weighted by Crippen LogP contribution is -2.62. The Morgan fingerprint density at radius 3 is 1.92 bits per heavy atom. The van der Waals surface area contributed by atoms with E-state index in [-0.39, 0.29) is 11.1 Å². The molecule has 0 aromatic heterocycles. The van der Waals surface area contributed by atoms with Crippen molar-refractivity contribution in [2.45, 2.75) is 91.0 Å². The van der Waals surface area contributed by atoms with Crippen molar-refractivity contribution in [3.63, 3.8) is 0 Å². The quantitative estimate of drug-likeness (QED) is 0.773. The van der Waals surface area contributed by atoms with Gasteiger partial charge in [0.05, 0.1) is 12.1 Å². The molecule has 2 rings (SSSR count). The van der Waals surface area contributed by atoms with E-state index in [0.717, 1.165) is 6.61 Å². The van der Waals surface area contributed by atoms with Gasteiger partial charge in [0.25, 0.3) is 0 Å². The highest BCUT2D eigenvalue weighted by molar-refractivity contribution is 5.61. The van der Waals surface area contributed by atoms with Crippen molar-refractivity contribution in [1.82, 2.24) is 5.32 Å². The summed E-state index contributed by atoms with van der Waals surface area (Å²) < 4.78 is 6.22. The number of nitrogens with one attached hydrogen (secondary N) is 2. The number of benzene rings is 1. The molecule has 3 heteroatoms. The van der Waals surface area contributed by atoms with E-state index in [4.69, 9.17) is 4.74 Å². The smallest absolute Gasteiger partial charge is 0.139 e. The van der Waals surface area contributed by atoms with Crippen molar-refractivity contribution >= 4 is 5.69 Å². The maximum Gasteiger partial charge on any atom is 0.139 e. The van der Waals surface area contributed by atoms with Crippen LogP contribution < -0.4 is 10.6 Å². The van der Waals surface area contributed by atoms with Crippen LogP contribution >= 0.6 is 0 Å². The largest absolute Gasteiger partial charge is 0.375 e. The number of anilines is 1. The third-order valence-corrected chi connectivity index (χ3v) is 5.30. The molecule has 1 aliphatic rings. The van der Waals surface area contributed by atoms with Crippen molar-refractivity contribution in [2.24, 2.45) is 0 Å². The van der Waals surface area contributed by atoms with Crippen LogP contribution in [0.5, 0.6) is 0 Å². The van der Waals surface area contributed by atoms with Gasteiger partial charge in [0.2, 0.25) is 0 Å². The maximum atomic E-state index is 6.22. The van der Waals surface area contributed by atoms with Crippen LogP contribution in [-0.4, -0.2) is 23.4 Å². The van der Waals surface area contributed by atoms with Crippen molar-refractivity contribution in [1.29, 1.82) is 0 Å². The second kappa shape index (κ2) is 6.34. The first-order valence-corrected chi connectivity index (χ1v) is 9.23. The zero-order valence-electron chi connectivity index (χ0n) is 17.0. The summed E-state index contributed by atoms with van der Waals surface area (Å²) in [6, 6.07) is 6.66. The summed E-state index contributed by atoms with van der Waals surface area (Å²) in [6.45, 7) is 20.7. The van der Waals surface area contributed by atoms with E-state index in [1.807, 2.05) is 0 Å². The van der Waals surface area contributed by atoms with Crippen molar-refractivity contribution < 1.29 is 4.74 Å². The van der Waals surface area contributed by atoms with Gasteiger partial charge in [-0.1, -0.05) is 45.9 Å². The van der Waals surface area contributed by atoms with Crippen LogP contribution in [0.15, 0.2) is 18.2 Å². The number of hydrogen-bond acceptors (Lipinski definition) is 3. The standard InChI is InChI=1S/C21H36N2O/c1-14(2)16-11-10-12-17(15(3)4)18(16)22-20(7,8)21(9)23-19(5,6)13-24-21/h10-12,14-15,22-23H,13H2,1-9H3. The Bertz CT molecular complexity index is 563. The van der Waals surface area contributed by atoms with E-state index in [2.05, 4.69) is 91.1 Å². The van der Waals surface area contributed by atoms with Crippen LogP contribution in [0, 0.1) is 0 Å². The van der Waals surface area contributed by atoms with Crippen LogP contribution in [-0.2, 0) is 4.74 Å². The van der Waals surface area contributed by atoms with E-state index in [1.54, 1.807) is 0 Å². The molecule has 0 radical (unpaired) electrons. The van der Waals surface area contributed by atoms with Crippen LogP contribution in [0.2, 0.25) is 0 Å². The van der Waals surface area contributed by atoms with Crippen molar-refractivity contribution in [3.05, 3.63) is 29.3 Å². The second-order valence-electron chi connectivity index (χ2n) is 9.20. The first-order valence-electron chi connectivity index (χ1n) is 9.23. The highest BCUT2D eigenvalue weighted by Crippen LogP contribution is 2.39. The molecule has 1 saturated heterocycles. The molecule has 1 aromatic rings. The Morgan fingerprint density at radius 2 is 1.54 bits per heavy atom. The van der Waals surface area contributed by atoms with E-state index in [1.165, 1.54) is 16.8 Å². The molecule has 0 aliphatic carbocycles. The molecule has 1 unspecified atom stereocenters. The van der Waals surface area contributed by atoms with Gasteiger partial charge in [-0.2, -0.15) is 0 Å². The first-order chi connectivity index (χ1) is 10.9. The van der Waals surface area contributed by atoms with Gasteiger partial charge in [-0.3, -0.25) is 5.32 Å². The van der Waals surface area contributed by atoms with Gasteiger partial charge in [0.1, 0.15) is 5.72 Å². The second-order valence-corrected chi connectivity index (χ2v) is 9.20. The minimum absolute atomic E-state index is 0.00779. The van der Waals surface area contributed by atoms with Crippen LogP contribution in [0.4, 0.5) is 5.69 Å². The van der Waals surface area contributed by atoms with Gasteiger partial charge in [-0.05, 0) is 57.6 Å². The molecule has 1 atom stereocenters. The SMILES string of the molecule is CC(C)c1cccc(C(C)C)c1NC(C)(C)C1(C)NC(C)(C)CO1. The van der Waals surface area contributed by atoms with Gasteiger partial charge in [-0.25, -0.2) is 0 Å². The molecule has 3 nitrogen and oxygen atoms in total. The molecule has 24 heavy (non-hydrogen) atoms. The predicted octanol–water partition coefficient (Wildman–Crippen LogP) is 5.24. The molecule has 1 heterocycles. The van der Waals surface area contributed by atoms with E-state index in [9.17, 15) is 0 Å². The van der Waals surface area contributed by atoms with E-state index < -0.39 is 5.72 Å². The number of ether oxygens (including phenoxy) is 1. The zero-order chi connectivity index (χ0) is 18.3. The fourth-order valence-corrected chi connectivity index (χ4v) is 3.51. The number of para-hydroxylation sites is 1. The highest BCUT2D eigenvalue weighted by atomic mass is 16.5. The molecule has 1 aromatic carbocycles. The van der Waals surface area contributed by atoms with Gasteiger partial charge in [-0.15, -0.1) is 0 Å². The Hall–Kier alpha value is -1.06. The Labute approximate surface area is 148 Å². The summed E-state index contributed by atoms with van der Waals surface area (Å²) in [5.74, 6) is 0.951. The summed E-state index contributed by atoms with van der Waals surface area (Å²) in [6.07, 6.45) is 0. The van der Waals surface area contributed by atoms with E-state index in [0.29, 0.717) is 11.8 Å². The molecule has 1 aliphatic heterocycles. The molecule has 0 spiro atoms. The van der Waals surface area contributed by atoms with Crippen LogP contribution in [0.1, 0.15) is 85.3 Å². The fourth-order valence-electron chi connectivity index (χ4n) is 3.51. The molecular formula is C21H36N2O. The van der Waals surface area contributed by atoms with Crippen LogP contribution in [0.3, 0.4) is 0 Å². The molecule has 0 bridgehead atoms. The summed E-state index contributed by atoms with van der Waals surface area (Å²) >= 11 is 0. The zero-order valence-corrected chi connectivity index (χ0v) is 17.0. The Morgan fingerprint density at radius 1 is 1.04 bits per heavy atom. The predicted molar refractivity (Wildman–Crippen MR) is 104 cm³/mol. The maximum absolute atomic E-state index is 6.22. The van der Waals surface area contributed by atoms with Gasteiger partial charge >= 0.3 is 0 Å². The summed E-state index contributed by atoms with van der Waals surface area (Å²) in [7, 11) is 0. The average molecular weight is 333 g/mol. The Balaban J connectivity index is 2.42. The van der Waals surface area contributed by atoms with Crippen molar-refractivity contribution in [2.75, 3.05) is 11.9 Å². The molecule has 0 amide bonds. The van der Waals surface area contributed by atoms with Gasteiger partial charge < -0.3 is 10.1 Å². The van der Waals surface area contributed by atoms with E-state index >= 15 is 0 Å². The molecule has 2 N–H and O–H groups in total. The lowest BCUT2D eigenvalue weighted by atomic mass is 9.87. The number of rotatable bonds is 5. The fraction of sp³-hybridized carbons (Fsp3) is 0.714. The summed E-state index contributed by atoms with van der Waals surface area (Å²) in [5.41, 5.74) is 3.32. The average Bonchev–Trinajstić information content (AvgIpc) is 2.73. The van der Waals surface area contributed by atoms with Crippen molar-refractivity contribution in [3.8, 4) is 0 Å². The van der Waals surface area contributed by atoms with Gasteiger partial charge in [0.15, 0.2) is 0 Å². The monoisotopic (exact) mass is 332 g/mol. The third-order valence-electron chi connectivity index (χ3n) is 5.30. The molecule has 136 valence electrons. The Kier molecular flexibility index (Phi) is 5.09. The molecule has 0 saturated carbocycles. The minimum Gasteiger partial charge on any atom is -0.375 e. The first kappa shape index (κ1) is 19.3. The van der Waals surface area contributed by atoms with Crippen LogP contribution in [0.25, 0.3) is 0 Å². The summed E-state index contributed by atoms with van der Waals surface area (Å²) in [5, 5.41) is 7.53. The molecule has 1 fully saturated rings.